The maximum absolute atomic E-state index is 9.33. The van der Waals surface area contributed by atoms with E-state index in [4.69, 9.17) is 9.90 Å². The maximum Gasteiger partial charge on any atom is 0.136 e. The van der Waals surface area contributed by atoms with Gasteiger partial charge in [-0.05, 0) is 78.2 Å². The van der Waals surface area contributed by atoms with Crippen LogP contribution in [0.15, 0.2) is 174 Å². The molecular formula is C44H28O. The van der Waals surface area contributed by atoms with E-state index in [2.05, 4.69) is 0 Å². The van der Waals surface area contributed by atoms with Gasteiger partial charge in [0, 0.05) is 10.8 Å². The van der Waals surface area contributed by atoms with Gasteiger partial charge < -0.3 is 4.42 Å². The first-order valence-electron chi connectivity index (χ1n) is 18.8. The Morgan fingerprint density at radius 2 is 0.867 bits per heavy atom. The first-order chi connectivity index (χ1) is 25.7. The highest BCUT2D eigenvalue weighted by Crippen LogP contribution is 2.46. The average Bonchev–Trinajstić information content (AvgIpc) is 3.59. The second kappa shape index (κ2) is 10.4. The molecule has 1 heterocycles. The summed E-state index contributed by atoms with van der Waals surface area (Å²) >= 11 is 0. The summed E-state index contributed by atoms with van der Waals surface area (Å²) < 4.78 is 78.5. The van der Waals surface area contributed by atoms with E-state index in [-0.39, 0.29) is 45.7 Å². The molecule has 9 rings (SSSR count). The summed E-state index contributed by atoms with van der Waals surface area (Å²) in [7, 11) is 0. The van der Waals surface area contributed by atoms with Crippen molar-refractivity contribution in [3.8, 4) is 44.5 Å². The molecule has 0 aliphatic rings. The van der Waals surface area contributed by atoms with Gasteiger partial charge in [-0.2, -0.15) is 0 Å². The second-order valence-electron chi connectivity index (χ2n) is 11.0. The monoisotopic (exact) mass is 580 g/mol. The minimum atomic E-state index is -0.429. The molecule has 1 nitrogen and oxygen atoms in total. The third kappa shape index (κ3) is 4.09. The van der Waals surface area contributed by atoms with Crippen LogP contribution in [0.25, 0.3) is 88.0 Å². The highest BCUT2D eigenvalue weighted by atomic mass is 16.3. The summed E-state index contributed by atoms with van der Waals surface area (Å²) in [6.07, 6.45) is 0. The molecule has 0 saturated heterocycles. The Morgan fingerprint density at radius 3 is 1.58 bits per heavy atom. The second-order valence-corrected chi connectivity index (χ2v) is 11.0. The summed E-state index contributed by atoms with van der Waals surface area (Å²) in [6, 6.07) is 35.5. The molecule has 0 spiro atoms. The standard InChI is InChI=1S/C44H28O/c1-2-13-29(14-3-1)32-15-4-5-16-34(32)43-37-19-8-6-17-35(37)42(36-18-7-9-20-38(36)43)31-27-25-30(26-28-31)33-22-12-24-41-44(33)39-21-10-11-23-40(39)45-41/h1-28H/i6D,7D,8D,9D,17D,18D,19D,20D. The Balaban J connectivity index is 1.42. The van der Waals surface area contributed by atoms with Gasteiger partial charge in [-0.1, -0.05) is 158 Å². The average molecular weight is 581 g/mol. The van der Waals surface area contributed by atoms with E-state index in [1.54, 1.807) is 0 Å². The Bertz CT molecular complexity index is 2890. The van der Waals surface area contributed by atoms with Crippen LogP contribution in [0.4, 0.5) is 0 Å². The van der Waals surface area contributed by atoms with Gasteiger partial charge in [-0.15, -0.1) is 0 Å². The molecule has 45 heavy (non-hydrogen) atoms. The van der Waals surface area contributed by atoms with E-state index < -0.39 is 24.2 Å². The van der Waals surface area contributed by atoms with Crippen LogP contribution in [0.2, 0.25) is 0 Å². The van der Waals surface area contributed by atoms with Gasteiger partial charge in [0.15, 0.2) is 0 Å². The van der Waals surface area contributed by atoms with Crippen LogP contribution in [0.5, 0.6) is 0 Å². The van der Waals surface area contributed by atoms with Crippen molar-refractivity contribution in [1.82, 2.24) is 0 Å². The first-order valence-corrected chi connectivity index (χ1v) is 14.8. The van der Waals surface area contributed by atoms with Gasteiger partial charge in [-0.25, -0.2) is 0 Å². The molecule has 0 bridgehead atoms. The van der Waals surface area contributed by atoms with E-state index in [0.717, 1.165) is 44.2 Å². The predicted octanol–water partition coefficient (Wildman–Crippen LogP) is 12.6. The Labute approximate surface area is 272 Å². The van der Waals surface area contributed by atoms with Crippen molar-refractivity contribution in [3.05, 3.63) is 170 Å². The fourth-order valence-corrected chi connectivity index (χ4v) is 6.59. The van der Waals surface area contributed by atoms with E-state index in [1.165, 1.54) is 0 Å². The molecule has 8 aromatic carbocycles. The van der Waals surface area contributed by atoms with Crippen LogP contribution in [0, 0.1) is 0 Å². The quantitative estimate of drug-likeness (QED) is 0.189. The van der Waals surface area contributed by atoms with Crippen LogP contribution >= 0.6 is 0 Å². The van der Waals surface area contributed by atoms with Gasteiger partial charge >= 0.3 is 0 Å². The van der Waals surface area contributed by atoms with Gasteiger partial charge in [0.25, 0.3) is 0 Å². The zero-order chi connectivity index (χ0) is 36.7. The fraction of sp³-hybridized carbons (Fsp3) is 0. The highest BCUT2D eigenvalue weighted by molar-refractivity contribution is 6.22. The van der Waals surface area contributed by atoms with E-state index in [0.29, 0.717) is 22.3 Å². The molecule has 1 aromatic heterocycles. The minimum Gasteiger partial charge on any atom is -0.456 e. The van der Waals surface area contributed by atoms with Crippen molar-refractivity contribution in [1.29, 1.82) is 0 Å². The third-order valence-electron chi connectivity index (χ3n) is 8.54. The molecule has 0 fully saturated rings. The zero-order valence-corrected chi connectivity index (χ0v) is 24.0. The SMILES string of the molecule is [2H]c1c([2H])c([2H])c2c(-c3ccccc3-c3ccccc3)c3c([2H])c([2H])c([2H])c([2H])c3c(-c3ccc(-c4cccc5oc6ccccc6c45)cc3)c2c1[2H]. The number of hydrogen-bond donors (Lipinski definition) is 0. The lowest BCUT2D eigenvalue weighted by atomic mass is 9.83. The molecular weight excluding hydrogens is 544 g/mol. The summed E-state index contributed by atoms with van der Waals surface area (Å²) in [5.74, 6) is 0. The lowest BCUT2D eigenvalue weighted by Crippen LogP contribution is -1.92. The summed E-state index contributed by atoms with van der Waals surface area (Å²) in [4.78, 5) is 0. The number of hydrogen-bond acceptors (Lipinski definition) is 1. The summed E-state index contributed by atoms with van der Waals surface area (Å²) in [5.41, 5.74) is 6.75. The van der Waals surface area contributed by atoms with Crippen molar-refractivity contribution in [2.75, 3.05) is 0 Å². The lowest BCUT2D eigenvalue weighted by Gasteiger charge is -2.20. The molecule has 0 atom stereocenters. The molecule has 1 heteroatoms. The molecule has 0 saturated carbocycles. The minimum absolute atomic E-state index is 0.182. The Kier molecular flexibility index (Phi) is 4.30. The van der Waals surface area contributed by atoms with Gasteiger partial charge in [-0.3, -0.25) is 0 Å². The molecule has 210 valence electrons. The normalized spacial score (nSPS) is 14.0. The fourth-order valence-electron chi connectivity index (χ4n) is 6.59. The van der Waals surface area contributed by atoms with Gasteiger partial charge in [0.2, 0.25) is 0 Å². The molecule has 0 N–H and O–H groups in total. The maximum atomic E-state index is 9.33. The first kappa shape index (κ1) is 18.7. The van der Waals surface area contributed by atoms with Gasteiger partial charge in [0.1, 0.15) is 11.2 Å². The molecule has 0 radical (unpaired) electrons. The number of fused-ring (bicyclic) bond motifs is 5. The smallest absolute Gasteiger partial charge is 0.136 e. The van der Waals surface area contributed by atoms with Crippen LogP contribution in [0.1, 0.15) is 11.0 Å². The van der Waals surface area contributed by atoms with Gasteiger partial charge in [0.05, 0.1) is 11.0 Å². The van der Waals surface area contributed by atoms with Crippen molar-refractivity contribution in [2.24, 2.45) is 0 Å². The van der Waals surface area contributed by atoms with Crippen molar-refractivity contribution in [3.63, 3.8) is 0 Å². The largest absolute Gasteiger partial charge is 0.456 e. The van der Waals surface area contributed by atoms with Crippen LogP contribution < -0.4 is 0 Å². The molecule has 0 aliphatic heterocycles. The number of para-hydroxylation sites is 1. The predicted molar refractivity (Wildman–Crippen MR) is 190 cm³/mol. The third-order valence-corrected chi connectivity index (χ3v) is 8.54. The summed E-state index contributed by atoms with van der Waals surface area (Å²) in [6.45, 7) is 0. The lowest BCUT2D eigenvalue weighted by molar-refractivity contribution is 0.669. The summed E-state index contributed by atoms with van der Waals surface area (Å²) in [5, 5.41) is 2.69. The van der Waals surface area contributed by atoms with E-state index in [1.807, 2.05) is 121 Å². The van der Waals surface area contributed by atoms with Crippen LogP contribution in [-0.4, -0.2) is 0 Å². The highest BCUT2D eigenvalue weighted by Gasteiger charge is 2.19. The topological polar surface area (TPSA) is 13.1 Å². The molecule has 0 aliphatic carbocycles. The number of rotatable bonds is 4. The molecule has 0 unspecified atom stereocenters. The van der Waals surface area contributed by atoms with Crippen molar-refractivity contribution in [2.45, 2.75) is 0 Å². The number of furan rings is 1. The number of benzene rings is 8. The van der Waals surface area contributed by atoms with Crippen LogP contribution in [-0.2, 0) is 0 Å². The van der Waals surface area contributed by atoms with Crippen molar-refractivity contribution < 1.29 is 15.4 Å². The Hall–Kier alpha value is -5.92. The van der Waals surface area contributed by atoms with E-state index >= 15 is 0 Å². The molecule has 9 aromatic rings. The zero-order valence-electron chi connectivity index (χ0n) is 32.0. The van der Waals surface area contributed by atoms with Crippen molar-refractivity contribution >= 4 is 43.5 Å². The Morgan fingerprint density at radius 1 is 0.356 bits per heavy atom. The van der Waals surface area contributed by atoms with Crippen LogP contribution in [0.3, 0.4) is 0 Å². The molecule has 0 amide bonds. The van der Waals surface area contributed by atoms with E-state index in [9.17, 15) is 5.48 Å².